The molecule has 0 aromatic carbocycles. The Morgan fingerprint density at radius 1 is 1.11 bits per heavy atom. The van der Waals surface area contributed by atoms with Crippen molar-refractivity contribution in [3.63, 3.8) is 0 Å². The fourth-order valence-corrected chi connectivity index (χ4v) is 5.88. The first kappa shape index (κ1) is 12.0. The topological polar surface area (TPSA) is 46.5 Å². The van der Waals surface area contributed by atoms with Gasteiger partial charge in [0.25, 0.3) is 0 Å². The van der Waals surface area contributed by atoms with Crippen molar-refractivity contribution in [3.8, 4) is 0 Å². The van der Waals surface area contributed by atoms with Crippen molar-refractivity contribution in [1.29, 1.82) is 0 Å². The Kier molecular flexibility index (Phi) is 2.42. The zero-order chi connectivity index (χ0) is 13.3. The molecule has 4 aliphatic carbocycles. The molecule has 0 aliphatic heterocycles. The Morgan fingerprint density at radius 3 is 2.47 bits per heavy atom. The highest BCUT2D eigenvalue weighted by molar-refractivity contribution is 5.87. The lowest BCUT2D eigenvalue weighted by molar-refractivity contribution is -0.149. The van der Waals surface area contributed by atoms with Crippen LogP contribution in [0.1, 0.15) is 32.6 Å². The van der Waals surface area contributed by atoms with Crippen LogP contribution in [-0.2, 0) is 9.53 Å². The first-order valence-corrected chi connectivity index (χ1v) is 7.61. The molecule has 0 amide bonds. The van der Waals surface area contributed by atoms with E-state index in [0.29, 0.717) is 29.2 Å². The molecular weight excluding hydrogens is 240 g/mol. The van der Waals surface area contributed by atoms with Crippen molar-refractivity contribution in [1.82, 2.24) is 0 Å². The molecule has 3 heteroatoms. The maximum atomic E-state index is 11.7. The summed E-state index contributed by atoms with van der Waals surface area (Å²) < 4.78 is 5.65. The number of hydrogen-bond donors (Lipinski definition) is 1. The highest BCUT2D eigenvalue weighted by Crippen LogP contribution is 2.67. The first-order chi connectivity index (χ1) is 9.06. The highest BCUT2D eigenvalue weighted by atomic mass is 16.5. The van der Waals surface area contributed by atoms with Crippen LogP contribution in [0.3, 0.4) is 0 Å². The molecule has 0 heterocycles. The molecular formula is C16H22O3. The number of fused-ring (bicyclic) bond motifs is 9. The van der Waals surface area contributed by atoms with Crippen LogP contribution in [-0.4, -0.2) is 23.3 Å². The number of aliphatic hydroxyl groups is 1. The molecule has 8 atom stereocenters. The summed E-state index contributed by atoms with van der Waals surface area (Å²) in [6, 6.07) is 0. The van der Waals surface area contributed by atoms with Crippen LogP contribution in [0, 0.1) is 35.5 Å². The lowest BCUT2D eigenvalue weighted by atomic mass is 9.69. The largest absolute Gasteiger partial charge is 0.459 e. The van der Waals surface area contributed by atoms with Gasteiger partial charge >= 0.3 is 5.97 Å². The average Bonchev–Trinajstić information content (AvgIpc) is 3.04. The van der Waals surface area contributed by atoms with Crippen molar-refractivity contribution in [3.05, 3.63) is 12.2 Å². The molecule has 0 spiro atoms. The van der Waals surface area contributed by atoms with Gasteiger partial charge in [0.05, 0.1) is 6.10 Å². The van der Waals surface area contributed by atoms with Crippen LogP contribution < -0.4 is 0 Å². The van der Waals surface area contributed by atoms with E-state index in [1.54, 1.807) is 6.92 Å². The summed E-state index contributed by atoms with van der Waals surface area (Å²) in [7, 11) is 0. The second-order valence-corrected chi connectivity index (χ2v) is 7.24. The van der Waals surface area contributed by atoms with Crippen LogP contribution in [0.4, 0.5) is 0 Å². The van der Waals surface area contributed by atoms with E-state index >= 15 is 0 Å². The van der Waals surface area contributed by atoms with Crippen LogP contribution in [0.5, 0.6) is 0 Å². The summed E-state index contributed by atoms with van der Waals surface area (Å²) in [5.41, 5.74) is 0.502. The molecule has 104 valence electrons. The van der Waals surface area contributed by atoms with Gasteiger partial charge in [-0.05, 0) is 68.1 Å². The molecule has 1 N–H and O–H groups in total. The monoisotopic (exact) mass is 262 g/mol. The highest BCUT2D eigenvalue weighted by Gasteiger charge is 2.65. The Labute approximate surface area is 114 Å². The minimum Gasteiger partial charge on any atom is -0.459 e. The third kappa shape index (κ3) is 1.51. The number of esters is 1. The van der Waals surface area contributed by atoms with Gasteiger partial charge in [0.1, 0.15) is 6.10 Å². The fourth-order valence-electron chi connectivity index (χ4n) is 5.88. The summed E-state index contributed by atoms with van der Waals surface area (Å²) in [5, 5.41) is 10.1. The molecule has 4 fully saturated rings. The molecule has 4 aliphatic rings. The van der Waals surface area contributed by atoms with Gasteiger partial charge in [-0.15, -0.1) is 0 Å². The molecule has 0 saturated heterocycles. The Morgan fingerprint density at radius 2 is 1.74 bits per heavy atom. The predicted molar refractivity (Wildman–Crippen MR) is 70.1 cm³/mol. The first-order valence-electron chi connectivity index (χ1n) is 7.61. The summed E-state index contributed by atoms with van der Waals surface area (Å²) in [6.45, 7) is 5.38. The summed E-state index contributed by atoms with van der Waals surface area (Å²) in [6.07, 6.45) is 4.49. The van der Waals surface area contributed by atoms with E-state index < -0.39 is 0 Å². The molecule has 0 aromatic heterocycles. The lowest BCUT2D eigenvalue weighted by Crippen LogP contribution is -2.40. The number of ether oxygens (including phenoxy) is 1. The van der Waals surface area contributed by atoms with E-state index in [-0.39, 0.29) is 18.2 Å². The van der Waals surface area contributed by atoms with Gasteiger partial charge < -0.3 is 9.84 Å². The van der Waals surface area contributed by atoms with Crippen molar-refractivity contribution in [2.75, 3.05) is 0 Å². The third-order valence-corrected chi connectivity index (χ3v) is 6.33. The molecule has 4 bridgehead atoms. The number of carbonyl (C=O) groups is 1. The maximum Gasteiger partial charge on any atom is 0.333 e. The standard InChI is InChI=1S/C16H22O3/c1-7(2)16(18)19-13-6-9-4-11(13)15-8-3-10(14(9)15)12(17)5-8/h8-15,17H,1,3-6H2,2H3/t8?,9?,10?,11-,12?,13?,14?,15?/m1/s1. The molecule has 4 rings (SSSR count). The Balaban J connectivity index is 1.52. The molecule has 4 saturated carbocycles. The van der Waals surface area contributed by atoms with E-state index in [4.69, 9.17) is 4.74 Å². The second kappa shape index (κ2) is 3.85. The van der Waals surface area contributed by atoms with Gasteiger partial charge in [0.15, 0.2) is 0 Å². The third-order valence-electron chi connectivity index (χ3n) is 6.33. The summed E-state index contributed by atoms with van der Waals surface area (Å²) >= 11 is 0. The van der Waals surface area contributed by atoms with E-state index in [1.807, 2.05) is 0 Å². The molecule has 0 aromatic rings. The SMILES string of the molecule is C=C(C)C(=O)OC1CC2C[C@H]1C1C3CC(O)C(C3)C21. The van der Waals surface area contributed by atoms with Gasteiger partial charge in [0, 0.05) is 5.57 Å². The number of rotatable bonds is 2. The van der Waals surface area contributed by atoms with Crippen LogP contribution in [0.15, 0.2) is 12.2 Å². The second-order valence-electron chi connectivity index (χ2n) is 7.24. The van der Waals surface area contributed by atoms with Crippen molar-refractivity contribution >= 4 is 5.97 Å². The molecule has 3 nitrogen and oxygen atoms in total. The summed E-state index contributed by atoms with van der Waals surface area (Å²) in [5.74, 6) is 3.68. The lowest BCUT2D eigenvalue weighted by Gasteiger charge is -2.39. The maximum absolute atomic E-state index is 11.7. The van der Waals surface area contributed by atoms with Gasteiger partial charge in [-0.3, -0.25) is 0 Å². The number of carbonyl (C=O) groups excluding carboxylic acids is 1. The van der Waals surface area contributed by atoms with Gasteiger partial charge in [-0.25, -0.2) is 4.79 Å². The predicted octanol–water partition coefficient (Wildman–Crippen LogP) is 2.15. The Bertz CT molecular complexity index is 443. The smallest absolute Gasteiger partial charge is 0.333 e. The zero-order valence-electron chi connectivity index (χ0n) is 11.4. The zero-order valence-corrected chi connectivity index (χ0v) is 11.4. The normalized spacial score (nSPS) is 53.4. The van der Waals surface area contributed by atoms with Crippen molar-refractivity contribution < 1.29 is 14.6 Å². The van der Waals surface area contributed by atoms with Crippen molar-refractivity contribution in [2.45, 2.75) is 44.8 Å². The van der Waals surface area contributed by atoms with Crippen molar-refractivity contribution in [2.24, 2.45) is 35.5 Å². The van der Waals surface area contributed by atoms with E-state index in [2.05, 4.69) is 6.58 Å². The van der Waals surface area contributed by atoms with Crippen LogP contribution in [0.25, 0.3) is 0 Å². The van der Waals surface area contributed by atoms with E-state index in [1.165, 1.54) is 12.8 Å². The van der Waals surface area contributed by atoms with Gasteiger partial charge in [0.2, 0.25) is 0 Å². The quantitative estimate of drug-likeness (QED) is 0.471. The minimum absolute atomic E-state index is 0.0537. The van der Waals surface area contributed by atoms with E-state index in [0.717, 1.165) is 24.7 Å². The minimum atomic E-state index is -0.225. The van der Waals surface area contributed by atoms with Gasteiger partial charge in [-0.1, -0.05) is 6.58 Å². The van der Waals surface area contributed by atoms with Gasteiger partial charge in [-0.2, -0.15) is 0 Å². The van der Waals surface area contributed by atoms with E-state index in [9.17, 15) is 9.90 Å². The molecule has 7 unspecified atom stereocenters. The molecule has 0 radical (unpaired) electrons. The number of aliphatic hydroxyl groups excluding tert-OH is 1. The number of hydrogen-bond acceptors (Lipinski definition) is 3. The Hall–Kier alpha value is -0.830. The molecule has 19 heavy (non-hydrogen) atoms. The van der Waals surface area contributed by atoms with Crippen LogP contribution in [0.2, 0.25) is 0 Å². The fraction of sp³-hybridized carbons (Fsp3) is 0.812. The average molecular weight is 262 g/mol. The summed E-state index contributed by atoms with van der Waals surface area (Å²) in [4.78, 5) is 11.7. The van der Waals surface area contributed by atoms with Crippen LogP contribution >= 0.6 is 0 Å².